The monoisotopic (exact) mass is 363 g/mol. The van der Waals surface area contributed by atoms with Crippen molar-refractivity contribution in [3.8, 4) is 0 Å². The van der Waals surface area contributed by atoms with Gasteiger partial charge in [-0.2, -0.15) is 0 Å². The van der Waals surface area contributed by atoms with E-state index < -0.39 is 10.0 Å². The van der Waals surface area contributed by atoms with Gasteiger partial charge in [-0.1, -0.05) is 0 Å². The number of nitrogens with zero attached hydrogens (tertiary/aromatic N) is 2. The molecule has 0 aliphatic heterocycles. The predicted octanol–water partition coefficient (Wildman–Crippen LogP) is 4.06. The van der Waals surface area contributed by atoms with Crippen LogP contribution in [0.1, 0.15) is 9.75 Å². The first-order chi connectivity index (χ1) is 11.0. The number of nitrogens with one attached hydrogen (secondary N) is 1. The highest BCUT2D eigenvalue weighted by molar-refractivity contribution is 7.93. The predicted molar refractivity (Wildman–Crippen MR) is 95.7 cm³/mol. The van der Waals surface area contributed by atoms with Crippen LogP contribution in [0.15, 0.2) is 57.9 Å². The SMILES string of the molecule is Cc1ccc(C=Nc2ccc(S(=O)(=O)Nc3nccs3)cc2)s1. The Balaban J connectivity index is 1.75. The van der Waals surface area contributed by atoms with Gasteiger partial charge in [-0.3, -0.25) is 9.71 Å². The Bertz CT molecular complexity index is 911. The van der Waals surface area contributed by atoms with E-state index in [9.17, 15) is 8.42 Å². The van der Waals surface area contributed by atoms with E-state index in [0.29, 0.717) is 10.8 Å². The van der Waals surface area contributed by atoms with Crippen molar-refractivity contribution in [3.05, 3.63) is 57.7 Å². The number of benzene rings is 1. The van der Waals surface area contributed by atoms with Crippen LogP contribution in [0, 0.1) is 6.92 Å². The Kier molecular flexibility index (Phi) is 4.56. The van der Waals surface area contributed by atoms with Gasteiger partial charge in [0.15, 0.2) is 5.13 Å². The number of anilines is 1. The van der Waals surface area contributed by atoms with Gasteiger partial charge in [-0.15, -0.1) is 22.7 Å². The van der Waals surface area contributed by atoms with Crippen molar-refractivity contribution in [3.63, 3.8) is 0 Å². The number of hydrogen-bond acceptors (Lipinski definition) is 6. The summed E-state index contributed by atoms with van der Waals surface area (Å²) in [5.74, 6) is 0. The lowest BCUT2D eigenvalue weighted by atomic mass is 10.3. The largest absolute Gasteiger partial charge is 0.263 e. The maximum atomic E-state index is 12.2. The van der Waals surface area contributed by atoms with Crippen molar-refractivity contribution < 1.29 is 8.42 Å². The van der Waals surface area contributed by atoms with E-state index in [1.54, 1.807) is 41.3 Å². The molecule has 0 amide bonds. The van der Waals surface area contributed by atoms with E-state index >= 15 is 0 Å². The molecule has 3 rings (SSSR count). The van der Waals surface area contributed by atoms with E-state index in [1.165, 1.54) is 28.3 Å². The molecule has 118 valence electrons. The van der Waals surface area contributed by atoms with Crippen molar-refractivity contribution in [2.24, 2.45) is 4.99 Å². The summed E-state index contributed by atoms with van der Waals surface area (Å²) >= 11 is 2.89. The number of aryl methyl sites for hydroxylation is 1. The molecule has 0 spiro atoms. The first kappa shape index (κ1) is 15.9. The van der Waals surface area contributed by atoms with Crippen LogP contribution in [0.4, 0.5) is 10.8 Å². The third-order valence-corrected chi connectivity index (χ3v) is 6.01. The maximum Gasteiger partial charge on any atom is 0.263 e. The summed E-state index contributed by atoms with van der Waals surface area (Å²) in [4.78, 5) is 10.7. The molecule has 8 heteroatoms. The van der Waals surface area contributed by atoms with Gasteiger partial charge in [0.25, 0.3) is 10.0 Å². The molecule has 5 nitrogen and oxygen atoms in total. The molecule has 1 N–H and O–H groups in total. The Morgan fingerprint density at radius 2 is 1.96 bits per heavy atom. The quantitative estimate of drug-likeness (QED) is 0.695. The summed E-state index contributed by atoms with van der Waals surface area (Å²) in [6.07, 6.45) is 3.32. The van der Waals surface area contributed by atoms with Gasteiger partial charge in [-0.25, -0.2) is 13.4 Å². The van der Waals surface area contributed by atoms with E-state index in [1.807, 2.05) is 19.1 Å². The zero-order valence-corrected chi connectivity index (χ0v) is 14.6. The molecule has 0 bridgehead atoms. The van der Waals surface area contributed by atoms with Crippen LogP contribution in [-0.2, 0) is 10.0 Å². The van der Waals surface area contributed by atoms with Gasteiger partial charge in [-0.05, 0) is 43.3 Å². The first-order valence-corrected chi connectivity index (χ1v) is 9.84. The summed E-state index contributed by atoms with van der Waals surface area (Å²) in [7, 11) is -3.62. The van der Waals surface area contributed by atoms with E-state index in [0.717, 1.165) is 4.88 Å². The third kappa shape index (κ3) is 4.04. The molecule has 0 aliphatic rings. The number of aromatic nitrogens is 1. The fraction of sp³-hybridized carbons (Fsp3) is 0.0667. The summed E-state index contributed by atoms with van der Waals surface area (Å²) in [5, 5.41) is 2.06. The standard InChI is InChI=1S/C15H13N3O2S3/c1-11-2-5-13(22-11)10-17-12-3-6-14(7-4-12)23(19,20)18-15-16-8-9-21-15/h2-10H,1H3,(H,16,18). The Labute approximate surface area is 142 Å². The Morgan fingerprint density at radius 3 is 2.57 bits per heavy atom. The van der Waals surface area contributed by atoms with Crippen molar-refractivity contribution in [2.45, 2.75) is 11.8 Å². The second-order valence-electron chi connectivity index (χ2n) is 4.64. The lowest BCUT2D eigenvalue weighted by Crippen LogP contribution is -2.12. The second-order valence-corrected chi connectivity index (χ2v) is 8.54. The minimum Gasteiger partial charge on any atom is -0.255 e. The molecule has 2 heterocycles. The van der Waals surface area contributed by atoms with Crippen molar-refractivity contribution in [1.29, 1.82) is 0 Å². The Hall–Kier alpha value is -2.03. The summed E-state index contributed by atoms with van der Waals surface area (Å²) < 4.78 is 26.9. The minimum absolute atomic E-state index is 0.179. The smallest absolute Gasteiger partial charge is 0.255 e. The number of aliphatic imine (C=N–C) groups is 1. The Morgan fingerprint density at radius 1 is 1.17 bits per heavy atom. The van der Waals surface area contributed by atoms with Crippen LogP contribution in [0.3, 0.4) is 0 Å². The molecule has 0 unspecified atom stereocenters. The van der Waals surface area contributed by atoms with Crippen LogP contribution in [0.5, 0.6) is 0 Å². The van der Waals surface area contributed by atoms with Gasteiger partial charge < -0.3 is 0 Å². The summed E-state index contributed by atoms with van der Waals surface area (Å²) in [6.45, 7) is 2.04. The molecule has 23 heavy (non-hydrogen) atoms. The molecule has 0 saturated carbocycles. The fourth-order valence-corrected chi connectivity index (χ4v) is 4.36. The van der Waals surface area contributed by atoms with E-state index in [4.69, 9.17) is 0 Å². The van der Waals surface area contributed by atoms with Crippen LogP contribution >= 0.6 is 22.7 Å². The topological polar surface area (TPSA) is 71.4 Å². The number of rotatable bonds is 5. The lowest BCUT2D eigenvalue weighted by Gasteiger charge is -2.05. The van der Waals surface area contributed by atoms with Crippen LogP contribution in [-0.4, -0.2) is 19.6 Å². The molecule has 0 saturated heterocycles. The molecular formula is C15H13N3O2S3. The normalized spacial score (nSPS) is 11.9. The molecule has 3 aromatic rings. The molecular weight excluding hydrogens is 350 g/mol. The highest BCUT2D eigenvalue weighted by Gasteiger charge is 2.14. The number of sulfonamides is 1. The van der Waals surface area contributed by atoms with Gasteiger partial charge in [0.05, 0.1) is 10.6 Å². The zero-order valence-electron chi connectivity index (χ0n) is 12.1. The molecule has 0 fully saturated rings. The average molecular weight is 363 g/mol. The van der Waals surface area contributed by atoms with Crippen molar-refractivity contribution in [2.75, 3.05) is 4.72 Å². The summed E-state index contributed by atoms with van der Waals surface area (Å²) in [6, 6.07) is 10.4. The molecule has 2 aromatic heterocycles. The molecule has 0 atom stereocenters. The highest BCUT2D eigenvalue weighted by atomic mass is 32.2. The van der Waals surface area contributed by atoms with Crippen molar-refractivity contribution >= 4 is 49.7 Å². The number of thiazole rings is 1. The van der Waals surface area contributed by atoms with Crippen molar-refractivity contribution in [1.82, 2.24) is 4.98 Å². The lowest BCUT2D eigenvalue weighted by molar-refractivity contribution is 0.601. The van der Waals surface area contributed by atoms with Gasteiger partial charge in [0.1, 0.15) is 0 Å². The number of hydrogen-bond donors (Lipinski definition) is 1. The zero-order chi connectivity index (χ0) is 16.3. The van der Waals surface area contributed by atoms with Crippen LogP contribution in [0.2, 0.25) is 0 Å². The third-order valence-electron chi connectivity index (χ3n) is 2.90. The van der Waals surface area contributed by atoms with Gasteiger partial charge >= 0.3 is 0 Å². The molecule has 0 aliphatic carbocycles. The second kappa shape index (κ2) is 6.61. The average Bonchev–Trinajstić information content (AvgIpc) is 3.17. The minimum atomic E-state index is -3.62. The van der Waals surface area contributed by atoms with Crippen LogP contribution in [0.25, 0.3) is 0 Å². The summed E-state index contributed by atoms with van der Waals surface area (Å²) in [5.41, 5.74) is 0.698. The molecule has 0 radical (unpaired) electrons. The highest BCUT2D eigenvalue weighted by Crippen LogP contribution is 2.21. The first-order valence-electron chi connectivity index (χ1n) is 6.66. The van der Waals surface area contributed by atoms with Crippen LogP contribution < -0.4 is 4.72 Å². The van der Waals surface area contributed by atoms with Gasteiger partial charge in [0.2, 0.25) is 0 Å². The van der Waals surface area contributed by atoms with Gasteiger partial charge in [0, 0.05) is 27.5 Å². The fourth-order valence-electron chi connectivity index (χ4n) is 1.82. The number of thiophene rings is 1. The molecule has 1 aromatic carbocycles. The van der Waals surface area contributed by atoms with E-state index in [-0.39, 0.29) is 4.90 Å². The maximum absolute atomic E-state index is 12.2. The van der Waals surface area contributed by atoms with E-state index in [2.05, 4.69) is 14.7 Å².